The second-order valence-electron chi connectivity index (χ2n) is 4.09. The zero-order valence-electron chi connectivity index (χ0n) is 10.1. The monoisotopic (exact) mass is 231 g/mol. The maximum atomic E-state index is 11.8. The number of amides is 1. The third-order valence-electron chi connectivity index (χ3n) is 2.82. The normalized spacial score (nSPS) is 13.5. The van der Waals surface area contributed by atoms with Crippen molar-refractivity contribution in [3.8, 4) is 6.07 Å². The zero-order chi connectivity index (χ0) is 12.8. The second-order valence-corrected chi connectivity index (χ2v) is 4.09. The summed E-state index contributed by atoms with van der Waals surface area (Å²) in [6.07, 6.45) is 0.854. The van der Waals surface area contributed by atoms with Crippen molar-refractivity contribution in [1.29, 1.82) is 5.26 Å². The van der Waals surface area contributed by atoms with Crippen LogP contribution < -0.4 is 11.1 Å². The Morgan fingerprint density at radius 3 is 2.88 bits per heavy atom. The summed E-state index contributed by atoms with van der Waals surface area (Å²) in [5, 5.41) is 11.5. The molecule has 4 nitrogen and oxygen atoms in total. The van der Waals surface area contributed by atoms with Crippen LogP contribution in [0.25, 0.3) is 0 Å². The first-order chi connectivity index (χ1) is 8.08. The van der Waals surface area contributed by atoms with Crippen molar-refractivity contribution in [2.45, 2.75) is 26.3 Å². The molecule has 4 heteroatoms. The number of nitrogens with two attached hydrogens (primary N) is 1. The van der Waals surface area contributed by atoms with Gasteiger partial charge < -0.3 is 11.1 Å². The summed E-state index contributed by atoms with van der Waals surface area (Å²) in [6.45, 7) is 3.93. The van der Waals surface area contributed by atoms with Gasteiger partial charge in [-0.15, -0.1) is 0 Å². The first-order valence-electron chi connectivity index (χ1n) is 5.65. The Kier molecular flexibility index (Phi) is 4.68. The summed E-state index contributed by atoms with van der Waals surface area (Å²) < 4.78 is 0. The van der Waals surface area contributed by atoms with Gasteiger partial charge in [-0.3, -0.25) is 4.79 Å². The van der Waals surface area contributed by atoms with Crippen LogP contribution in [-0.4, -0.2) is 11.9 Å². The van der Waals surface area contributed by atoms with Crippen molar-refractivity contribution in [2.75, 3.05) is 5.32 Å². The molecule has 1 aromatic carbocycles. The quantitative estimate of drug-likeness (QED) is 0.830. The van der Waals surface area contributed by atoms with E-state index in [1.807, 2.05) is 19.9 Å². The van der Waals surface area contributed by atoms with Crippen LogP contribution in [0.3, 0.4) is 0 Å². The van der Waals surface area contributed by atoms with Crippen molar-refractivity contribution in [1.82, 2.24) is 0 Å². The van der Waals surface area contributed by atoms with Crippen molar-refractivity contribution in [2.24, 2.45) is 11.7 Å². The van der Waals surface area contributed by atoms with Crippen LogP contribution in [0.4, 0.5) is 5.69 Å². The van der Waals surface area contributed by atoms with E-state index in [-0.39, 0.29) is 11.8 Å². The molecule has 0 saturated heterocycles. The first kappa shape index (κ1) is 13.2. The summed E-state index contributed by atoms with van der Waals surface area (Å²) in [5.74, 6) is -0.0800. The van der Waals surface area contributed by atoms with E-state index in [1.54, 1.807) is 24.3 Å². The lowest BCUT2D eigenvalue weighted by Gasteiger charge is -2.17. The molecule has 0 spiro atoms. The van der Waals surface area contributed by atoms with Crippen molar-refractivity contribution in [3.05, 3.63) is 29.8 Å². The third-order valence-corrected chi connectivity index (χ3v) is 2.82. The Balaban J connectivity index is 2.71. The number of nitrogens with one attached hydrogen (secondary N) is 1. The summed E-state index contributed by atoms with van der Waals surface area (Å²) in [7, 11) is 0. The largest absolute Gasteiger partial charge is 0.325 e. The number of rotatable bonds is 4. The molecular formula is C13H17N3O. The highest BCUT2D eigenvalue weighted by molar-refractivity contribution is 5.94. The molecule has 1 amide bonds. The number of carbonyl (C=O) groups is 1. The maximum absolute atomic E-state index is 11.8. The number of nitriles is 1. The molecule has 17 heavy (non-hydrogen) atoms. The average Bonchev–Trinajstić information content (AvgIpc) is 2.37. The lowest BCUT2D eigenvalue weighted by atomic mass is 9.99. The molecule has 0 bridgehead atoms. The average molecular weight is 231 g/mol. The standard InChI is InChI=1S/C13H17N3O/c1-3-9(2)12(15)13(17)16-11-6-4-5-10(7-11)8-14/h4-7,9,12H,3,15H2,1-2H3,(H,16,17)/t9-,12-/m0/s1. The molecule has 1 aromatic rings. The summed E-state index contributed by atoms with van der Waals surface area (Å²) in [6, 6.07) is 8.27. The highest BCUT2D eigenvalue weighted by atomic mass is 16.2. The summed E-state index contributed by atoms with van der Waals surface area (Å²) in [4.78, 5) is 11.8. The molecule has 0 aliphatic rings. The van der Waals surface area contributed by atoms with E-state index >= 15 is 0 Å². The molecular weight excluding hydrogens is 214 g/mol. The molecule has 0 aliphatic carbocycles. The van der Waals surface area contributed by atoms with E-state index in [0.29, 0.717) is 11.3 Å². The second kappa shape index (κ2) is 6.02. The highest BCUT2D eigenvalue weighted by Gasteiger charge is 2.19. The molecule has 0 saturated carbocycles. The fourth-order valence-corrected chi connectivity index (χ4v) is 1.40. The predicted molar refractivity (Wildman–Crippen MR) is 67.2 cm³/mol. The van der Waals surface area contributed by atoms with E-state index in [1.165, 1.54) is 0 Å². The van der Waals surface area contributed by atoms with Crippen LogP contribution in [-0.2, 0) is 4.79 Å². The fourth-order valence-electron chi connectivity index (χ4n) is 1.40. The smallest absolute Gasteiger partial charge is 0.241 e. The van der Waals surface area contributed by atoms with Crippen LogP contribution >= 0.6 is 0 Å². The lowest BCUT2D eigenvalue weighted by Crippen LogP contribution is -2.40. The molecule has 0 radical (unpaired) electrons. The van der Waals surface area contributed by atoms with Gasteiger partial charge in [0, 0.05) is 5.69 Å². The fraction of sp³-hybridized carbons (Fsp3) is 0.385. The van der Waals surface area contributed by atoms with Crippen LogP contribution in [0.15, 0.2) is 24.3 Å². The molecule has 0 heterocycles. The number of nitrogens with zero attached hydrogens (tertiary/aromatic N) is 1. The van der Waals surface area contributed by atoms with Crippen molar-refractivity contribution >= 4 is 11.6 Å². The minimum Gasteiger partial charge on any atom is -0.325 e. The molecule has 0 unspecified atom stereocenters. The Labute approximate surface area is 101 Å². The molecule has 90 valence electrons. The third kappa shape index (κ3) is 3.58. The zero-order valence-corrected chi connectivity index (χ0v) is 10.1. The van der Waals surface area contributed by atoms with Gasteiger partial charge in [-0.2, -0.15) is 5.26 Å². The van der Waals surface area contributed by atoms with E-state index in [9.17, 15) is 4.79 Å². The van der Waals surface area contributed by atoms with E-state index in [4.69, 9.17) is 11.0 Å². The van der Waals surface area contributed by atoms with Gasteiger partial charge in [0.1, 0.15) is 0 Å². The Bertz CT molecular complexity index is 437. The van der Waals surface area contributed by atoms with Gasteiger partial charge in [0.05, 0.1) is 17.7 Å². The number of hydrogen-bond acceptors (Lipinski definition) is 3. The molecule has 3 N–H and O–H groups in total. The molecule has 0 aliphatic heterocycles. The van der Waals surface area contributed by atoms with Gasteiger partial charge in [0.25, 0.3) is 0 Å². The topological polar surface area (TPSA) is 78.9 Å². The molecule has 1 rings (SSSR count). The molecule has 0 fully saturated rings. The number of hydrogen-bond donors (Lipinski definition) is 2. The van der Waals surface area contributed by atoms with Crippen LogP contribution in [0.2, 0.25) is 0 Å². The minimum atomic E-state index is -0.522. The van der Waals surface area contributed by atoms with Gasteiger partial charge in [-0.05, 0) is 24.1 Å². The van der Waals surface area contributed by atoms with Gasteiger partial charge in [-0.25, -0.2) is 0 Å². The Hall–Kier alpha value is -1.86. The predicted octanol–water partition coefficient (Wildman–Crippen LogP) is 1.87. The summed E-state index contributed by atoms with van der Waals surface area (Å²) in [5.41, 5.74) is 6.93. The van der Waals surface area contributed by atoms with Gasteiger partial charge >= 0.3 is 0 Å². The van der Waals surface area contributed by atoms with Crippen LogP contribution in [0, 0.1) is 17.2 Å². The molecule has 2 atom stereocenters. The minimum absolute atomic E-state index is 0.133. The Morgan fingerprint density at radius 2 is 2.29 bits per heavy atom. The van der Waals surface area contributed by atoms with Crippen molar-refractivity contribution < 1.29 is 4.79 Å². The van der Waals surface area contributed by atoms with Crippen LogP contribution in [0.1, 0.15) is 25.8 Å². The maximum Gasteiger partial charge on any atom is 0.241 e. The first-order valence-corrected chi connectivity index (χ1v) is 5.65. The van der Waals surface area contributed by atoms with Gasteiger partial charge in [-0.1, -0.05) is 26.3 Å². The SMILES string of the molecule is CC[C@H](C)[C@H](N)C(=O)Nc1cccc(C#N)c1. The van der Waals surface area contributed by atoms with Crippen LogP contribution in [0.5, 0.6) is 0 Å². The van der Waals surface area contributed by atoms with E-state index < -0.39 is 6.04 Å². The molecule has 0 aromatic heterocycles. The number of benzene rings is 1. The lowest BCUT2D eigenvalue weighted by molar-refractivity contribution is -0.118. The number of anilines is 1. The highest BCUT2D eigenvalue weighted by Crippen LogP contribution is 2.12. The number of carbonyl (C=O) groups excluding carboxylic acids is 1. The van der Waals surface area contributed by atoms with Gasteiger partial charge in [0.2, 0.25) is 5.91 Å². The summed E-state index contributed by atoms with van der Waals surface area (Å²) >= 11 is 0. The van der Waals surface area contributed by atoms with E-state index in [0.717, 1.165) is 6.42 Å². The van der Waals surface area contributed by atoms with E-state index in [2.05, 4.69) is 5.32 Å². The van der Waals surface area contributed by atoms with Crippen molar-refractivity contribution in [3.63, 3.8) is 0 Å². The van der Waals surface area contributed by atoms with Gasteiger partial charge in [0.15, 0.2) is 0 Å². The Morgan fingerprint density at radius 1 is 1.59 bits per heavy atom.